The average molecular weight is 494 g/mol. The third-order valence-corrected chi connectivity index (χ3v) is 6.02. The number of methoxy groups -OCH3 is 1. The number of hydrogen-bond donors (Lipinski definition) is 2. The highest BCUT2D eigenvalue weighted by Gasteiger charge is 2.33. The van der Waals surface area contributed by atoms with Crippen LogP contribution in [0, 0.1) is 0 Å². The summed E-state index contributed by atoms with van der Waals surface area (Å²) in [5, 5.41) is 7.50. The van der Waals surface area contributed by atoms with Gasteiger partial charge in [0.1, 0.15) is 11.8 Å². The number of ether oxygens (including phenoxy) is 1. The van der Waals surface area contributed by atoms with E-state index in [0.717, 1.165) is 5.56 Å². The van der Waals surface area contributed by atoms with Gasteiger partial charge in [-0.25, -0.2) is 0 Å². The van der Waals surface area contributed by atoms with Crippen LogP contribution in [0.1, 0.15) is 47.6 Å². The molecule has 0 saturated heterocycles. The molecule has 1 heterocycles. The Bertz CT molecular complexity index is 1120. The van der Waals surface area contributed by atoms with Crippen molar-refractivity contribution >= 4 is 29.1 Å². The van der Waals surface area contributed by atoms with Gasteiger partial charge in [0.05, 0.1) is 18.5 Å². The lowest BCUT2D eigenvalue weighted by atomic mass is 10.0. The minimum atomic E-state index is -0.885. The summed E-state index contributed by atoms with van der Waals surface area (Å²) in [6.45, 7) is 5.62. The highest BCUT2D eigenvalue weighted by molar-refractivity contribution is 7.12. The summed E-state index contributed by atoms with van der Waals surface area (Å²) in [6, 6.07) is 19.1. The molecule has 3 amide bonds. The number of carbonyl (C=O) groups is 3. The second-order valence-corrected chi connectivity index (χ2v) is 10.0. The molecule has 2 aromatic carbocycles. The summed E-state index contributed by atoms with van der Waals surface area (Å²) >= 11 is 1.30. The third-order valence-electron chi connectivity index (χ3n) is 5.15. The lowest BCUT2D eigenvalue weighted by Gasteiger charge is -2.34. The molecule has 1 aromatic heterocycles. The molecule has 3 aromatic rings. The molecular formula is C27H31N3O4S. The Morgan fingerprint density at radius 1 is 0.971 bits per heavy atom. The highest BCUT2D eigenvalue weighted by atomic mass is 32.1. The van der Waals surface area contributed by atoms with E-state index >= 15 is 0 Å². The van der Waals surface area contributed by atoms with Gasteiger partial charge in [-0.2, -0.15) is 0 Å². The van der Waals surface area contributed by atoms with Crippen molar-refractivity contribution in [2.45, 2.75) is 38.9 Å². The Labute approximate surface area is 210 Å². The molecule has 2 N–H and O–H groups in total. The molecule has 1 atom stereocenters. The number of nitrogens with one attached hydrogen (secondary N) is 2. The molecule has 0 radical (unpaired) electrons. The van der Waals surface area contributed by atoms with Gasteiger partial charge >= 0.3 is 0 Å². The van der Waals surface area contributed by atoms with Crippen LogP contribution in [-0.4, -0.2) is 41.8 Å². The normalized spacial score (nSPS) is 11.9. The van der Waals surface area contributed by atoms with Crippen molar-refractivity contribution in [3.8, 4) is 5.75 Å². The van der Waals surface area contributed by atoms with Gasteiger partial charge in [0, 0.05) is 12.1 Å². The van der Waals surface area contributed by atoms with Crippen LogP contribution in [0.4, 0.5) is 0 Å². The van der Waals surface area contributed by atoms with E-state index < -0.39 is 11.6 Å². The number of amides is 3. The molecular weight excluding hydrogens is 462 g/mol. The van der Waals surface area contributed by atoms with Crippen LogP contribution in [0.25, 0.3) is 0 Å². The zero-order valence-electron chi connectivity index (χ0n) is 20.4. The Kier molecular flexibility index (Phi) is 8.65. The van der Waals surface area contributed by atoms with Crippen LogP contribution in [0.3, 0.4) is 0 Å². The Hall–Kier alpha value is -3.65. The predicted molar refractivity (Wildman–Crippen MR) is 137 cm³/mol. The van der Waals surface area contributed by atoms with E-state index in [9.17, 15) is 14.4 Å². The molecule has 3 rings (SSSR count). The molecule has 0 aliphatic carbocycles. The molecule has 0 aliphatic heterocycles. The molecule has 184 valence electrons. The van der Waals surface area contributed by atoms with Crippen molar-refractivity contribution in [1.29, 1.82) is 0 Å². The molecule has 0 fully saturated rings. The van der Waals surface area contributed by atoms with Crippen molar-refractivity contribution in [2.24, 2.45) is 0 Å². The number of hydrogen-bond acceptors (Lipinski definition) is 5. The van der Waals surface area contributed by atoms with Crippen molar-refractivity contribution in [3.63, 3.8) is 0 Å². The van der Waals surface area contributed by atoms with E-state index in [2.05, 4.69) is 10.6 Å². The number of rotatable bonds is 9. The topological polar surface area (TPSA) is 87.7 Å². The van der Waals surface area contributed by atoms with Crippen LogP contribution in [-0.2, 0) is 16.1 Å². The Balaban J connectivity index is 1.94. The molecule has 7 nitrogen and oxygen atoms in total. The fourth-order valence-electron chi connectivity index (χ4n) is 3.55. The van der Waals surface area contributed by atoms with E-state index in [1.54, 1.807) is 24.6 Å². The molecule has 0 unspecified atom stereocenters. The van der Waals surface area contributed by atoms with E-state index in [1.807, 2.05) is 75.4 Å². The number of carbonyl (C=O) groups excluding carboxylic acids is 3. The van der Waals surface area contributed by atoms with Crippen LogP contribution in [0.15, 0.2) is 72.1 Å². The Morgan fingerprint density at radius 2 is 1.66 bits per heavy atom. The first-order chi connectivity index (χ1) is 16.7. The number of nitrogens with zero attached hydrogens (tertiary/aromatic N) is 1. The van der Waals surface area contributed by atoms with Gasteiger partial charge in [0.25, 0.3) is 5.91 Å². The monoisotopic (exact) mass is 493 g/mol. The number of thiophene rings is 1. The molecule has 0 bridgehead atoms. The fraction of sp³-hybridized carbons (Fsp3) is 0.296. The second-order valence-electron chi connectivity index (χ2n) is 9.08. The van der Waals surface area contributed by atoms with Crippen molar-refractivity contribution in [2.75, 3.05) is 13.7 Å². The largest absolute Gasteiger partial charge is 0.497 e. The second kappa shape index (κ2) is 11.7. The maximum atomic E-state index is 13.5. The van der Waals surface area contributed by atoms with Crippen molar-refractivity contribution in [3.05, 3.63) is 88.1 Å². The highest BCUT2D eigenvalue weighted by Crippen LogP contribution is 2.25. The summed E-state index contributed by atoms with van der Waals surface area (Å²) in [5.74, 6) is -0.299. The standard InChI is InChI=1S/C27H31N3O4S/c1-27(2,3)29-26(33)24(20-9-6-5-7-10-20)30(18-19-12-14-21(34-4)15-13-19)23(31)17-28-25(32)22-11-8-16-35-22/h5-16,24H,17-18H2,1-4H3,(H,28,32)(H,29,33)/t24-/m1/s1. The van der Waals surface area contributed by atoms with E-state index in [4.69, 9.17) is 4.74 Å². The van der Waals surface area contributed by atoms with E-state index in [-0.39, 0.29) is 30.8 Å². The van der Waals surface area contributed by atoms with Gasteiger partial charge in [-0.3, -0.25) is 14.4 Å². The molecule has 0 saturated carbocycles. The van der Waals surface area contributed by atoms with Crippen molar-refractivity contribution in [1.82, 2.24) is 15.5 Å². The third kappa shape index (κ3) is 7.42. The fourth-order valence-corrected chi connectivity index (χ4v) is 4.19. The van der Waals surface area contributed by atoms with E-state index in [1.165, 1.54) is 16.2 Å². The first-order valence-corrected chi connectivity index (χ1v) is 12.2. The summed E-state index contributed by atoms with van der Waals surface area (Å²) in [4.78, 5) is 41.5. The zero-order chi connectivity index (χ0) is 25.4. The average Bonchev–Trinajstić information content (AvgIpc) is 3.37. The maximum Gasteiger partial charge on any atom is 0.261 e. The number of benzene rings is 2. The predicted octanol–water partition coefficient (Wildman–Crippen LogP) is 4.17. The zero-order valence-corrected chi connectivity index (χ0v) is 21.2. The lowest BCUT2D eigenvalue weighted by molar-refractivity contribution is -0.141. The minimum Gasteiger partial charge on any atom is -0.497 e. The summed E-state index contributed by atoms with van der Waals surface area (Å²) in [5.41, 5.74) is 1.01. The smallest absolute Gasteiger partial charge is 0.261 e. The molecule has 8 heteroatoms. The maximum absolute atomic E-state index is 13.5. The van der Waals surface area contributed by atoms with Crippen LogP contribution in [0.5, 0.6) is 5.75 Å². The van der Waals surface area contributed by atoms with Crippen LogP contribution in [0.2, 0.25) is 0 Å². The van der Waals surface area contributed by atoms with Crippen LogP contribution < -0.4 is 15.4 Å². The van der Waals surface area contributed by atoms with Gasteiger partial charge in [0.2, 0.25) is 11.8 Å². The lowest BCUT2D eigenvalue weighted by Crippen LogP contribution is -2.50. The minimum absolute atomic E-state index is 0.175. The first-order valence-electron chi connectivity index (χ1n) is 11.3. The SMILES string of the molecule is COc1ccc(CN(C(=O)CNC(=O)c2cccs2)[C@@H](C(=O)NC(C)(C)C)c2ccccc2)cc1. The van der Waals surface area contributed by atoms with E-state index in [0.29, 0.717) is 16.2 Å². The van der Waals surface area contributed by atoms with Gasteiger partial charge in [0.15, 0.2) is 0 Å². The molecule has 0 spiro atoms. The summed E-state index contributed by atoms with van der Waals surface area (Å²) in [6.07, 6.45) is 0. The molecule has 0 aliphatic rings. The Morgan fingerprint density at radius 3 is 2.23 bits per heavy atom. The summed E-state index contributed by atoms with van der Waals surface area (Å²) in [7, 11) is 1.59. The van der Waals surface area contributed by atoms with Gasteiger partial charge in [-0.05, 0) is 55.5 Å². The quantitative estimate of drug-likeness (QED) is 0.468. The van der Waals surface area contributed by atoms with Crippen LogP contribution >= 0.6 is 11.3 Å². The van der Waals surface area contributed by atoms with Crippen molar-refractivity contribution < 1.29 is 19.1 Å². The molecule has 35 heavy (non-hydrogen) atoms. The van der Waals surface area contributed by atoms with Gasteiger partial charge in [-0.1, -0.05) is 48.5 Å². The van der Waals surface area contributed by atoms with Gasteiger partial charge < -0.3 is 20.3 Å². The van der Waals surface area contributed by atoms with Gasteiger partial charge in [-0.15, -0.1) is 11.3 Å². The first kappa shape index (κ1) is 26.0. The summed E-state index contributed by atoms with van der Waals surface area (Å²) < 4.78 is 5.24.